The Labute approximate surface area is 149 Å². The van der Waals surface area contributed by atoms with Crippen LogP contribution in [0, 0.1) is 0 Å². The quantitative estimate of drug-likeness (QED) is 0.530. The molecule has 0 aliphatic rings. The highest BCUT2D eigenvalue weighted by molar-refractivity contribution is 6.08. The van der Waals surface area contributed by atoms with Gasteiger partial charge in [0.1, 0.15) is 7.85 Å². The molecule has 0 unspecified atom stereocenters. The zero-order valence-corrected chi connectivity index (χ0v) is 14.3. The van der Waals surface area contributed by atoms with E-state index in [2.05, 4.69) is 72.4 Å². The molecule has 0 atom stereocenters. The van der Waals surface area contributed by atoms with Gasteiger partial charge < -0.3 is 0 Å². The number of fused-ring (bicyclic) bond motifs is 1. The summed E-state index contributed by atoms with van der Waals surface area (Å²) in [5.41, 5.74) is 7.42. The lowest BCUT2D eigenvalue weighted by Crippen LogP contribution is -1.93. The molecule has 2 heterocycles. The van der Waals surface area contributed by atoms with Crippen LogP contribution in [0.2, 0.25) is 0 Å². The fourth-order valence-electron chi connectivity index (χ4n) is 3.27. The van der Waals surface area contributed by atoms with Crippen LogP contribution in [0.3, 0.4) is 0 Å². The van der Waals surface area contributed by atoms with Crippen molar-refractivity contribution in [2.45, 2.75) is 12.7 Å². The van der Waals surface area contributed by atoms with E-state index in [9.17, 15) is 0 Å². The molecule has 0 amide bonds. The topological polar surface area (TPSA) is 25.8 Å². The van der Waals surface area contributed by atoms with Crippen molar-refractivity contribution in [3.63, 3.8) is 0 Å². The van der Waals surface area contributed by atoms with E-state index < -0.39 is 0 Å². The molecule has 4 rings (SSSR count). The molecule has 2 aromatic carbocycles. The molecule has 0 aliphatic heterocycles. The van der Waals surface area contributed by atoms with Crippen LogP contribution >= 0.6 is 0 Å². The van der Waals surface area contributed by atoms with Gasteiger partial charge in [0.25, 0.3) is 0 Å². The van der Waals surface area contributed by atoms with E-state index in [1.165, 1.54) is 33.2 Å². The van der Waals surface area contributed by atoms with E-state index in [4.69, 9.17) is 0 Å². The summed E-state index contributed by atoms with van der Waals surface area (Å²) < 4.78 is 0. The standard InChI is InChI=1S/C22H19BN2/c23-15-17-3-1-4-19(12-17)21-14-18(11-16-6-9-24-10-7-16)13-20-5-2-8-25-22(20)21/h1-10,12-14H,11,15,23H2. The smallest absolute Gasteiger partial charge is 0.107 e. The molecule has 0 bridgehead atoms. The molecule has 0 saturated carbocycles. The Morgan fingerprint density at radius 1 is 0.760 bits per heavy atom. The van der Waals surface area contributed by atoms with E-state index in [-0.39, 0.29) is 0 Å². The Balaban J connectivity index is 1.86. The van der Waals surface area contributed by atoms with Gasteiger partial charge in [0, 0.05) is 29.5 Å². The third kappa shape index (κ3) is 3.31. The van der Waals surface area contributed by atoms with E-state index in [1.807, 2.05) is 24.7 Å². The zero-order chi connectivity index (χ0) is 17.1. The maximum absolute atomic E-state index is 4.65. The summed E-state index contributed by atoms with van der Waals surface area (Å²) in [6.07, 6.45) is 7.51. The minimum absolute atomic E-state index is 0.897. The van der Waals surface area contributed by atoms with Crippen LogP contribution in [0.4, 0.5) is 0 Å². The first-order valence-corrected chi connectivity index (χ1v) is 8.69. The van der Waals surface area contributed by atoms with Gasteiger partial charge in [0.05, 0.1) is 5.52 Å². The molecule has 0 spiro atoms. The predicted molar refractivity (Wildman–Crippen MR) is 106 cm³/mol. The van der Waals surface area contributed by atoms with Crippen molar-refractivity contribution < 1.29 is 0 Å². The molecule has 0 N–H and O–H groups in total. The lowest BCUT2D eigenvalue weighted by molar-refractivity contribution is 1.17. The van der Waals surface area contributed by atoms with Gasteiger partial charge in [-0.05, 0) is 53.4 Å². The normalized spacial score (nSPS) is 10.9. The van der Waals surface area contributed by atoms with Gasteiger partial charge in [-0.15, -0.1) is 0 Å². The fourth-order valence-corrected chi connectivity index (χ4v) is 3.27. The van der Waals surface area contributed by atoms with Crippen LogP contribution < -0.4 is 0 Å². The molecular formula is C22H19BN2. The van der Waals surface area contributed by atoms with E-state index in [0.717, 1.165) is 18.3 Å². The summed E-state index contributed by atoms with van der Waals surface area (Å²) in [5.74, 6) is 0. The van der Waals surface area contributed by atoms with Crippen molar-refractivity contribution in [3.8, 4) is 11.1 Å². The van der Waals surface area contributed by atoms with E-state index in [1.54, 1.807) is 0 Å². The maximum Gasteiger partial charge on any atom is 0.107 e. The second-order valence-corrected chi connectivity index (χ2v) is 6.30. The molecular weight excluding hydrogens is 303 g/mol. The average molecular weight is 322 g/mol. The Bertz CT molecular complexity index is 1010. The fraction of sp³-hybridized carbons (Fsp3) is 0.0909. The van der Waals surface area contributed by atoms with Crippen molar-refractivity contribution in [1.29, 1.82) is 0 Å². The highest BCUT2D eigenvalue weighted by Crippen LogP contribution is 2.30. The van der Waals surface area contributed by atoms with Crippen molar-refractivity contribution in [2.24, 2.45) is 0 Å². The molecule has 2 nitrogen and oxygen atoms in total. The lowest BCUT2D eigenvalue weighted by Gasteiger charge is -2.11. The SMILES string of the molecule is BCc1cccc(-c2cc(Cc3ccncc3)cc3cccnc23)c1. The predicted octanol–water partition coefficient (Wildman–Crippen LogP) is 4.02. The average Bonchev–Trinajstić information content (AvgIpc) is 2.68. The zero-order valence-electron chi connectivity index (χ0n) is 14.3. The Kier molecular flexibility index (Phi) is 4.30. The van der Waals surface area contributed by atoms with Crippen LogP contribution in [-0.2, 0) is 12.7 Å². The van der Waals surface area contributed by atoms with Gasteiger partial charge in [-0.1, -0.05) is 42.2 Å². The third-order valence-corrected chi connectivity index (χ3v) is 4.57. The van der Waals surface area contributed by atoms with Crippen LogP contribution in [0.5, 0.6) is 0 Å². The Hall–Kier alpha value is -2.94. The number of aromatic nitrogens is 2. The second-order valence-electron chi connectivity index (χ2n) is 6.30. The summed E-state index contributed by atoms with van der Waals surface area (Å²) in [7, 11) is 2.19. The summed E-state index contributed by atoms with van der Waals surface area (Å²) in [5, 5.41) is 1.19. The van der Waals surface area contributed by atoms with Crippen molar-refractivity contribution in [1.82, 2.24) is 9.97 Å². The van der Waals surface area contributed by atoms with E-state index in [0.29, 0.717) is 0 Å². The Morgan fingerprint density at radius 2 is 1.64 bits per heavy atom. The molecule has 2 aromatic heterocycles. The molecule has 3 heteroatoms. The van der Waals surface area contributed by atoms with Crippen molar-refractivity contribution in [2.75, 3.05) is 0 Å². The van der Waals surface area contributed by atoms with Gasteiger partial charge in [-0.3, -0.25) is 9.97 Å². The van der Waals surface area contributed by atoms with Crippen LogP contribution in [0.25, 0.3) is 22.0 Å². The van der Waals surface area contributed by atoms with Gasteiger partial charge in [0.15, 0.2) is 0 Å². The number of hydrogen-bond acceptors (Lipinski definition) is 2. The summed E-state index contributed by atoms with van der Waals surface area (Å²) >= 11 is 0. The Morgan fingerprint density at radius 3 is 2.48 bits per heavy atom. The second kappa shape index (κ2) is 6.90. The number of hydrogen-bond donors (Lipinski definition) is 0. The summed E-state index contributed by atoms with van der Waals surface area (Å²) in [6.45, 7) is 0. The number of rotatable bonds is 4. The lowest BCUT2D eigenvalue weighted by atomic mass is 9.92. The summed E-state index contributed by atoms with van der Waals surface area (Å²) in [4.78, 5) is 8.76. The first-order chi connectivity index (χ1) is 12.3. The number of benzene rings is 2. The van der Waals surface area contributed by atoms with Gasteiger partial charge in [-0.2, -0.15) is 0 Å². The first-order valence-electron chi connectivity index (χ1n) is 8.69. The third-order valence-electron chi connectivity index (χ3n) is 4.57. The molecule has 0 fully saturated rings. The number of pyridine rings is 2. The minimum Gasteiger partial charge on any atom is -0.265 e. The highest BCUT2D eigenvalue weighted by atomic mass is 14.6. The molecule has 25 heavy (non-hydrogen) atoms. The molecule has 4 aromatic rings. The molecule has 120 valence electrons. The largest absolute Gasteiger partial charge is 0.265 e. The molecule has 0 saturated heterocycles. The molecule has 0 radical (unpaired) electrons. The van der Waals surface area contributed by atoms with Crippen molar-refractivity contribution in [3.05, 3.63) is 95.9 Å². The minimum atomic E-state index is 0.897. The number of nitrogens with zero attached hydrogens (tertiary/aromatic N) is 2. The van der Waals surface area contributed by atoms with Crippen molar-refractivity contribution >= 4 is 18.7 Å². The molecule has 0 aliphatic carbocycles. The summed E-state index contributed by atoms with van der Waals surface area (Å²) in [6, 6.07) is 21.6. The van der Waals surface area contributed by atoms with Crippen LogP contribution in [0.15, 0.2) is 79.3 Å². The van der Waals surface area contributed by atoms with Gasteiger partial charge >= 0.3 is 0 Å². The van der Waals surface area contributed by atoms with Crippen LogP contribution in [0.1, 0.15) is 16.7 Å². The monoisotopic (exact) mass is 322 g/mol. The maximum atomic E-state index is 4.65. The van der Waals surface area contributed by atoms with Crippen LogP contribution in [-0.4, -0.2) is 17.8 Å². The van der Waals surface area contributed by atoms with Gasteiger partial charge in [-0.25, -0.2) is 0 Å². The highest BCUT2D eigenvalue weighted by Gasteiger charge is 2.09. The van der Waals surface area contributed by atoms with E-state index >= 15 is 0 Å². The van der Waals surface area contributed by atoms with Gasteiger partial charge in [0.2, 0.25) is 0 Å². The first kappa shape index (κ1) is 15.6.